The zero-order valence-corrected chi connectivity index (χ0v) is 11.2. The number of nitrogens with zero attached hydrogens (tertiary/aromatic N) is 1. The topological polar surface area (TPSA) is 46.3 Å². The molecule has 1 aliphatic heterocycles. The van der Waals surface area contributed by atoms with E-state index in [4.69, 9.17) is 5.73 Å². The van der Waals surface area contributed by atoms with Crippen LogP contribution >= 0.6 is 0 Å². The molecule has 2 rings (SSSR count). The summed E-state index contributed by atoms with van der Waals surface area (Å²) in [6, 6.07) is 0. The van der Waals surface area contributed by atoms with Crippen LogP contribution in [0.1, 0.15) is 52.4 Å². The van der Waals surface area contributed by atoms with Gasteiger partial charge in [0, 0.05) is 13.1 Å². The number of likely N-dealkylation sites (tertiary alicyclic amines) is 1. The summed E-state index contributed by atoms with van der Waals surface area (Å²) in [6.45, 7) is 6.40. The molecule has 3 heteroatoms. The van der Waals surface area contributed by atoms with Crippen LogP contribution in [0.4, 0.5) is 0 Å². The molecule has 2 N–H and O–H groups in total. The highest BCUT2D eigenvalue weighted by molar-refractivity contribution is 5.86. The first-order valence-corrected chi connectivity index (χ1v) is 7.11. The third kappa shape index (κ3) is 2.65. The number of rotatable bonds is 2. The summed E-state index contributed by atoms with van der Waals surface area (Å²) in [5.41, 5.74) is 5.71. The van der Waals surface area contributed by atoms with Gasteiger partial charge in [-0.05, 0) is 37.5 Å². The highest BCUT2D eigenvalue weighted by atomic mass is 16.2. The van der Waals surface area contributed by atoms with Crippen molar-refractivity contribution in [3.05, 3.63) is 0 Å². The lowest BCUT2D eigenvalue weighted by molar-refractivity contribution is -0.138. The van der Waals surface area contributed by atoms with Crippen LogP contribution in [-0.2, 0) is 4.79 Å². The van der Waals surface area contributed by atoms with Crippen LogP contribution in [-0.4, -0.2) is 29.4 Å². The van der Waals surface area contributed by atoms with Crippen molar-refractivity contribution in [2.45, 2.75) is 57.9 Å². The predicted molar refractivity (Wildman–Crippen MR) is 69.5 cm³/mol. The summed E-state index contributed by atoms with van der Waals surface area (Å²) in [5.74, 6) is 1.75. The van der Waals surface area contributed by atoms with E-state index in [1.165, 1.54) is 0 Å². The first-order chi connectivity index (χ1) is 8.03. The minimum Gasteiger partial charge on any atom is -0.341 e. The molecule has 2 fully saturated rings. The highest BCUT2D eigenvalue weighted by Gasteiger charge is 2.40. The Morgan fingerprint density at radius 3 is 2.24 bits per heavy atom. The fraction of sp³-hybridized carbons (Fsp3) is 0.929. The summed E-state index contributed by atoms with van der Waals surface area (Å²) in [4.78, 5) is 14.4. The van der Waals surface area contributed by atoms with Crippen molar-refractivity contribution in [3.63, 3.8) is 0 Å². The van der Waals surface area contributed by atoms with E-state index >= 15 is 0 Å². The number of hydrogen-bond donors (Lipinski definition) is 1. The summed E-state index contributed by atoms with van der Waals surface area (Å²) < 4.78 is 0. The maximum atomic E-state index is 12.4. The fourth-order valence-corrected chi connectivity index (χ4v) is 3.30. The van der Waals surface area contributed by atoms with Gasteiger partial charge in [-0.25, -0.2) is 0 Å². The average molecular weight is 238 g/mol. The van der Waals surface area contributed by atoms with Gasteiger partial charge >= 0.3 is 0 Å². The largest absolute Gasteiger partial charge is 0.341 e. The van der Waals surface area contributed by atoms with Crippen molar-refractivity contribution in [2.24, 2.45) is 17.6 Å². The molecule has 0 atom stereocenters. The smallest absolute Gasteiger partial charge is 0.242 e. The Kier molecular flexibility index (Phi) is 3.76. The summed E-state index contributed by atoms with van der Waals surface area (Å²) >= 11 is 0. The van der Waals surface area contributed by atoms with Gasteiger partial charge < -0.3 is 10.6 Å². The fourth-order valence-electron chi connectivity index (χ4n) is 3.30. The molecule has 98 valence electrons. The van der Waals surface area contributed by atoms with Crippen LogP contribution in [0.25, 0.3) is 0 Å². The monoisotopic (exact) mass is 238 g/mol. The van der Waals surface area contributed by atoms with Crippen LogP contribution in [0.15, 0.2) is 0 Å². The zero-order valence-electron chi connectivity index (χ0n) is 11.2. The quantitative estimate of drug-likeness (QED) is 0.801. The molecule has 3 nitrogen and oxygen atoms in total. The van der Waals surface area contributed by atoms with E-state index in [9.17, 15) is 4.79 Å². The normalized spacial score (nSPS) is 25.5. The van der Waals surface area contributed by atoms with E-state index in [-0.39, 0.29) is 5.91 Å². The second-order valence-corrected chi connectivity index (χ2v) is 6.24. The first-order valence-electron chi connectivity index (χ1n) is 7.11. The number of carbonyl (C=O) groups is 1. The molecule has 1 aliphatic carbocycles. The number of amides is 1. The highest BCUT2D eigenvalue weighted by Crippen LogP contribution is 2.31. The summed E-state index contributed by atoms with van der Waals surface area (Å²) in [5, 5.41) is 0. The Morgan fingerprint density at radius 1 is 1.24 bits per heavy atom. The lowest BCUT2D eigenvalue weighted by Crippen LogP contribution is -2.55. The molecule has 0 bridgehead atoms. The summed E-state index contributed by atoms with van der Waals surface area (Å²) in [7, 11) is 0. The molecular weight excluding hydrogens is 212 g/mol. The predicted octanol–water partition coefficient (Wildman–Crippen LogP) is 2.15. The molecule has 1 saturated carbocycles. The Balaban J connectivity index is 1.90. The maximum Gasteiger partial charge on any atom is 0.242 e. The number of carbonyl (C=O) groups excluding carboxylic acids is 1. The second kappa shape index (κ2) is 4.97. The molecule has 0 radical (unpaired) electrons. The van der Waals surface area contributed by atoms with Crippen molar-refractivity contribution >= 4 is 5.91 Å². The van der Waals surface area contributed by atoms with Crippen molar-refractivity contribution in [2.75, 3.05) is 13.1 Å². The van der Waals surface area contributed by atoms with Gasteiger partial charge in [0.25, 0.3) is 0 Å². The van der Waals surface area contributed by atoms with E-state index in [0.717, 1.165) is 63.5 Å². The van der Waals surface area contributed by atoms with E-state index in [2.05, 4.69) is 13.8 Å². The van der Waals surface area contributed by atoms with E-state index in [0.29, 0.717) is 0 Å². The molecule has 17 heavy (non-hydrogen) atoms. The van der Waals surface area contributed by atoms with Crippen molar-refractivity contribution in [1.29, 1.82) is 0 Å². The number of nitrogens with two attached hydrogens (primary N) is 1. The molecule has 1 saturated heterocycles. The Bertz CT molecular complexity index is 274. The average Bonchev–Trinajstić information content (AvgIpc) is 2.76. The van der Waals surface area contributed by atoms with Gasteiger partial charge in [-0.1, -0.05) is 26.7 Å². The standard InChI is InChI=1S/C14H26N2O/c1-11(2)12-5-9-16(10-6-12)13(17)14(15)7-3-4-8-14/h11-12H,3-10,15H2,1-2H3. The number of piperidine rings is 1. The third-order valence-corrected chi connectivity index (χ3v) is 4.69. The minimum atomic E-state index is -0.523. The first kappa shape index (κ1) is 12.9. The van der Waals surface area contributed by atoms with Gasteiger partial charge in [-0.2, -0.15) is 0 Å². The second-order valence-electron chi connectivity index (χ2n) is 6.24. The summed E-state index contributed by atoms with van der Waals surface area (Å²) in [6.07, 6.45) is 6.31. The molecule has 0 unspecified atom stereocenters. The van der Waals surface area contributed by atoms with Gasteiger partial charge in [0.15, 0.2) is 0 Å². The van der Waals surface area contributed by atoms with Gasteiger partial charge in [-0.15, -0.1) is 0 Å². The van der Waals surface area contributed by atoms with Crippen LogP contribution in [0.3, 0.4) is 0 Å². The van der Waals surface area contributed by atoms with Gasteiger partial charge in [0.1, 0.15) is 0 Å². The van der Waals surface area contributed by atoms with Gasteiger partial charge in [0.2, 0.25) is 5.91 Å². The Hall–Kier alpha value is -0.570. The molecule has 0 spiro atoms. The van der Waals surface area contributed by atoms with Crippen LogP contribution in [0, 0.1) is 11.8 Å². The van der Waals surface area contributed by atoms with Gasteiger partial charge in [-0.3, -0.25) is 4.79 Å². The van der Waals surface area contributed by atoms with Crippen LogP contribution in [0.2, 0.25) is 0 Å². The minimum absolute atomic E-state index is 0.220. The van der Waals surface area contributed by atoms with Crippen molar-refractivity contribution in [1.82, 2.24) is 4.90 Å². The third-order valence-electron chi connectivity index (χ3n) is 4.69. The lowest BCUT2D eigenvalue weighted by Gasteiger charge is -2.38. The molecule has 2 aliphatic rings. The molecular formula is C14H26N2O. The van der Waals surface area contributed by atoms with Crippen molar-refractivity contribution < 1.29 is 4.79 Å². The lowest BCUT2D eigenvalue weighted by atomic mass is 9.85. The van der Waals surface area contributed by atoms with Crippen LogP contribution < -0.4 is 5.73 Å². The Morgan fingerprint density at radius 2 is 1.76 bits per heavy atom. The van der Waals surface area contributed by atoms with Crippen LogP contribution in [0.5, 0.6) is 0 Å². The SMILES string of the molecule is CC(C)C1CCN(C(=O)C2(N)CCCC2)CC1. The van der Waals surface area contributed by atoms with Crippen molar-refractivity contribution in [3.8, 4) is 0 Å². The molecule has 0 aromatic carbocycles. The number of hydrogen-bond acceptors (Lipinski definition) is 2. The molecule has 0 aromatic heterocycles. The Labute approximate surface area is 105 Å². The van der Waals surface area contributed by atoms with E-state index < -0.39 is 5.54 Å². The molecule has 0 aromatic rings. The van der Waals surface area contributed by atoms with E-state index in [1.54, 1.807) is 0 Å². The van der Waals surface area contributed by atoms with E-state index in [1.807, 2.05) is 4.90 Å². The molecule has 1 heterocycles. The molecule has 1 amide bonds. The zero-order chi connectivity index (χ0) is 12.5. The maximum absolute atomic E-state index is 12.4. The van der Waals surface area contributed by atoms with Gasteiger partial charge in [0.05, 0.1) is 5.54 Å².